The molecule has 0 heterocycles. The van der Waals surface area contributed by atoms with Crippen LogP contribution in [0.4, 0.5) is 0 Å². The van der Waals surface area contributed by atoms with Gasteiger partial charge < -0.3 is 15.3 Å². The Hall–Kier alpha value is 0.310. The Morgan fingerprint density at radius 1 is 0.452 bits per heavy atom. The van der Waals surface area contributed by atoms with Crippen molar-refractivity contribution in [2.45, 2.75) is 142 Å². The van der Waals surface area contributed by atoms with E-state index in [0.29, 0.717) is 7.92 Å². The molecule has 3 N–H and O–H groups in total. The van der Waals surface area contributed by atoms with Gasteiger partial charge in [0, 0.05) is 0 Å². The molecule has 31 heavy (non-hydrogen) atoms. The van der Waals surface area contributed by atoms with Crippen molar-refractivity contribution < 1.29 is 15.3 Å². The molecule has 4 heteroatoms. The first-order valence-electron chi connectivity index (χ1n) is 13.8. The Kier molecular flexibility index (Phi) is 32.7. The Labute approximate surface area is 197 Å². The van der Waals surface area contributed by atoms with Gasteiger partial charge in [-0.1, -0.05) is 117 Å². The topological polar surface area (TPSA) is 60.7 Å². The molecule has 0 atom stereocenters. The summed E-state index contributed by atoms with van der Waals surface area (Å²) in [5.41, 5.74) is 0. The van der Waals surface area contributed by atoms with Gasteiger partial charge in [0.15, 0.2) is 0 Å². The average Bonchev–Trinajstić information content (AvgIpc) is 2.79. The van der Waals surface area contributed by atoms with Crippen LogP contribution in [0.3, 0.4) is 0 Å². The highest BCUT2D eigenvalue weighted by Crippen LogP contribution is 2.39. The molecule has 0 spiro atoms. The molecular formula is C27H59O3P. The fourth-order valence-electron chi connectivity index (χ4n) is 3.74. The quantitative estimate of drug-likeness (QED) is 0.107. The minimum atomic E-state index is -0.954. The largest absolute Gasteiger partial charge is 0.394 e. The second-order valence-electron chi connectivity index (χ2n) is 9.16. The molecule has 0 aromatic heterocycles. The van der Waals surface area contributed by atoms with Gasteiger partial charge >= 0.3 is 0 Å². The molecule has 0 rings (SSSR count). The van der Waals surface area contributed by atoms with Gasteiger partial charge in [0.2, 0.25) is 0 Å². The van der Waals surface area contributed by atoms with Crippen molar-refractivity contribution in [2.75, 3.05) is 31.7 Å². The molecule has 0 aliphatic heterocycles. The van der Waals surface area contributed by atoms with Crippen LogP contribution in [0.2, 0.25) is 0 Å². The molecule has 0 aliphatic carbocycles. The maximum Gasteiger partial charge on any atom is 0.100 e. The maximum absolute atomic E-state index is 8.17. The smallest absolute Gasteiger partial charge is 0.100 e. The normalized spacial score (nSPS) is 11.2. The van der Waals surface area contributed by atoms with E-state index in [2.05, 4.69) is 20.8 Å². The summed E-state index contributed by atoms with van der Waals surface area (Å²) in [5, 5.41) is 24.0. The van der Waals surface area contributed by atoms with Gasteiger partial charge in [-0.25, -0.2) is 0 Å². The molecule has 0 aliphatic rings. The Morgan fingerprint density at radius 3 is 0.935 bits per heavy atom. The van der Waals surface area contributed by atoms with Crippen molar-refractivity contribution in [2.24, 2.45) is 0 Å². The number of aliphatic hydroxyl groups is 3. The van der Waals surface area contributed by atoms with Gasteiger partial charge in [0.25, 0.3) is 0 Å². The summed E-state index contributed by atoms with van der Waals surface area (Å²) >= 11 is 0. The van der Waals surface area contributed by atoms with Crippen molar-refractivity contribution in [3.8, 4) is 0 Å². The molecule has 0 aromatic rings. The van der Waals surface area contributed by atoms with E-state index in [4.69, 9.17) is 15.3 Å². The first-order valence-corrected chi connectivity index (χ1v) is 15.7. The van der Waals surface area contributed by atoms with Crippen LogP contribution < -0.4 is 0 Å². The van der Waals surface area contributed by atoms with E-state index in [0.717, 1.165) is 0 Å². The van der Waals surface area contributed by atoms with Gasteiger partial charge in [0.05, 0.1) is 13.2 Å². The lowest BCUT2D eigenvalue weighted by Crippen LogP contribution is -2.15. The zero-order valence-corrected chi connectivity index (χ0v) is 22.5. The Bertz CT molecular complexity index is 260. The third kappa shape index (κ3) is 30.3. The third-order valence-corrected chi connectivity index (χ3v) is 8.75. The van der Waals surface area contributed by atoms with Gasteiger partial charge in [-0.2, -0.15) is 0 Å². The first-order chi connectivity index (χ1) is 15.2. The minimum Gasteiger partial charge on any atom is -0.394 e. The van der Waals surface area contributed by atoms with E-state index < -0.39 is 6.10 Å². The van der Waals surface area contributed by atoms with Gasteiger partial charge in [-0.05, 0) is 37.7 Å². The zero-order chi connectivity index (χ0) is 23.4. The van der Waals surface area contributed by atoms with Crippen molar-refractivity contribution in [3.05, 3.63) is 0 Å². The summed E-state index contributed by atoms with van der Waals surface area (Å²) in [6.45, 7) is 6.23. The predicted molar refractivity (Wildman–Crippen MR) is 142 cm³/mol. The van der Waals surface area contributed by atoms with Gasteiger partial charge in [-0.3, -0.25) is 0 Å². The predicted octanol–water partition coefficient (Wildman–Crippen LogP) is 7.88. The highest BCUT2D eigenvalue weighted by Gasteiger charge is 2.07. The summed E-state index contributed by atoms with van der Waals surface area (Å²) in [4.78, 5) is 0. The molecule has 0 aromatic carbocycles. The van der Waals surface area contributed by atoms with E-state index in [-0.39, 0.29) is 13.2 Å². The van der Waals surface area contributed by atoms with Crippen LogP contribution in [0.15, 0.2) is 0 Å². The van der Waals surface area contributed by atoms with Crippen molar-refractivity contribution in [3.63, 3.8) is 0 Å². The minimum absolute atomic E-state index is 0.365. The van der Waals surface area contributed by atoms with Crippen LogP contribution in [-0.2, 0) is 0 Å². The van der Waals surface area contributed by atoms with Crippen LogP contribution >= 0.6 is 7.92 Å². The first kappa shape index (κ1) is 33.5. The highest BCUT2D eigenvalue weighted by molar-refractivity contribution is 7.57. The molecule has 0 fully saturated rings. The van der Waals surface area contributed by atoms with Crippen molar-refractivity contribution in [1.29, 1.82) is 0 Å². The number of rotatable bonds is 23. The SMILES string of the molecule is CCCCCCCCP(CCCCCCCC)CCCCCCCC.OCC(O)CO. The molecule has 0 bridgehead atoms. The summed E-state index contributed by atoms with van der Waals surface area (Å²) in [7, 11) is 0.366. The molecule has 0 saturated carbocycles. The molecule has 0 saturated heterocycles. The lowest BCUT2D eigenvalue weighted by molar-refractivity contribution is 0.0450. The molecule has 0 amide bonds. The summed E-state index contributed by atoms with van der Waals surface area (Å²) < 4.78 is 0. The molecule has 190 valence electrons. The van der Waals surface area contributed by atoms with Crippen LogP contribution in [-0.4, -0.2) is 53.1 Å². The third-order valence-electron chi connectivity index (χ3n) is 5.91. The standard InChI is InChI=1S/C24H51P.C3H8O3/c1-4-7-10-13-16-19-22-25(23-20-17-14-11-8-5-2)24-21-18-15-12-9-6-3;4-1-3(6)2-5/h4-24H2,1-3H3;3-6H,1-2H2. The molecule has 0 unspecified atom stereocenters. The summed E-state index contributed by atoms with van der Waals surface area (Å²) in [6.07, 6.45) is 30.3. The zero-order valence-electron chi connectivity index (χ0n) is 21.6. The number of aliphatic hydroxyl groups excluding tert-OH is 3. The van der Waals surface area contributed by atoms with E-state index in [1.54, 1.807) is 18.5 Å². The maximum atomic E-state index is 8.17. The summed E-state index contributed by atoms with van der Waals surface area (Å²) in [6, 6.07) is 0. The fraction of sp³-hybridized carbons (Fsp3) is 1.00. The number of hydrogen-bond acceptors (Lipinski definition) is 3. The van der Waals surface area contributed by atoms with Crippen molar-refractivity contribution in [1.82, 2.24) is 0 Å². The lowest BCUT2D eigenvalue weighted by Gasteiger charge is -2.18. The van der Waals surface area contributed by atoms with Gasteiger partial charge in [0.1, 0.15) is 6.10 Å². The molecular weight excluding hydrogens is 403 g/mol. The van der Waals surface area contributed by atoms with Crippen LogP contribution in [0.5, 0.6) is 0 Å². The highest BCUT2D eigenvalue weighted by atomic mass is 31.1. The van der Waals surface area contributed by atoms with E-state index in [9.17, 15) is 0 Å². The Balaban J connectivity index is 0. The second-order valence-corrected chi connectivity index (χ2v) is 11.8. The Morgan fingerprint density at radius 2 is 0.710 bits per heavy atom. The van der Waals surface area contributed by atoms with Crippen LogP contribution in [0, 0.1) is 0 Å². The van der Waals surface area contributed by atoms with Crippen LogP contribution in [0.25, 0.3) is 0 Å². The number of unbranched alkanes of at least 4 members (excludes halogenated alkanes) is 15. The second kappa shape index (κ2) is 30.3. The molecule has 0 radical (unpaired) electrons. The fourth-order valence-corrected chi connectivity index (χ4v) is 6.42. The summed E-state index contributed by atoms with van der Waals surface area (Å²) in [5.74, 6) is 0. The van der Waals surface area contributed by atoms with E-state index >= 15 is 0 Å². The van der Waals surface area contributed by atoms with E-state index in [1.807, 2.05) is 0 Å². The average molecular weight is 463 g/mol. The van der Waals surface area contributed by atoms with Gasteiger partial charge in [-0.15, -0.1) is 7.92 Å². The number of hydrogen-bond donors (Lipinski definition) is 3. The van der Waals surface area contributed by atoms with Crippen LogP contribution in [0.1, 0.15) is 136 Å². The molecule has 3 nitrogen and oxygen atoms in total. The monoisotopic (exact) mass is 462 g/mol. The van der Waals surface area contributed by atoms with Crippen molar-refractivity contribution >= 4 is 7.92 Å². The lowest BCUT2D eigenvalue weighted by atomic mass is 10.1. The van der Waals surface area contributed by atoms with E-state index in [1.165, 1.54) is 116 Å².